The molecule has 0 spiro atoms. The molecule has 0 unspecified atom stereocenters. The highest BCUT2D eigenvalue weighted by molar-refractivity contribution is 5.73. The highest BCUT2D eigenvalue weighted by Crippen LogP contribution is 2.19. The van der Waals surface area contributed by atoms with E-state index in [9.17, 15) is 4.79 Å². The Morgan fingerprint density at radius 2 is 1.72 bits per heavy atom. The van der Waals surface area contributed by atoms with Gasteiger partial charge in [0.15, 0.2) is 0 Å². The molecule has 98 valence electrons. The van der Waals surface area contributed by atoms with Gasteiger partial charge in [-0.1, -0.05) is 30.3 Å². The molecule has 1 amide bonds. The first-order valence-electron chi connectivity index (χ1n) is 6.78. The summed E-state index contributed by atoms with van der Waals surface area (Å²) < 4.78 is 0. The monoisotopic (exact) mass is 246 g/mol. The van der Waals surface area contributed by atoms with Crippen molar-refractivity contribution in [3.8, 4) is 0 Å². The Balaban J connectivity index is 1.69. The van der Waals surface area contributed by atoms with Gasteiger partial charge in [0.2, 0.25) is 5.91 Å². The van der Waals surface area contributed by atoms with E-state index in [0.29, 0.717) is 12.1 Å². The van der Waals surface area contributed by atoms with E-state index in [1.807, 2.05) is 6.07 Å². The summed E-state index contributed by atoms with van der Waals surface area (Å²) in [5.74, 6) is 0.0932. The average Bonchev–Trinajstić information content (AvgIpc) is 2.38. The highest BCUT2D eigenvalue weighted by Gasteiger charge is 2.20. The van der Waals surface area contributed by atoms with E-state index in [2.05, 4.69) is 34.9 Å². The van der Waals surface area contributed by atoms with E-state index in [0.717, 1.165) is 32.2 Å². The zero-order valence-corrected chi connectivity index (χ0v) is 11.0. The standard InChI is InChI=1S/C15H22N2O/c1-12(18)17-15-9-7-14(8-10-15)16-11-13-5-3-2-4-6-13/h2-6,14-16H,7-11H2,1H3,(H,17,18). The summed E-state index contributed by atoms with van der Waals surface area (Å²) in [4.78, 5) is 11.0. The lowest BCUT2D eigenvalue weighted by atomic mass is 9.91. The number of carbonyl (C=O) groups is 1. The first kappa shape index (κ1) is 13.1. The summed E-state index contributed by atoms with van der Waals surface area (Å²) in [5.41, 5.74) is 1.33. The second-order valence-corrected chi connectivity index (χ2v) is 5.12. The van der Waals surface area contributed by atoms with Gasteiger partial charge in [0.1, 0.15) is 0 Å². The SMILES string of the molecule is CC(=O)NC1CCC(NCc2ccccc2)CC1. The topological polar surface area (TPSA) is 41.1 Å². The fourth-order valence-electron chi connectivity index (χ4n) is 2.59. The molecule has 1 aromatic carbocycles. The van der Waals surface area contributed by atoms with Crippen molar-refractivity contribution in [2.24, 2.45) is 0 Å². The Kier molecular flexibility index (Phi) is 4.76. The van der Waals surface area contributed by atoms with Gasteiger partial charge in [-0.05, 0) is 31.2 Å². The fraction of sp³-hybridized carbons (Fsp3) is 0.533. The second-order valence-electron chi connectivity index (χ2n) is 5.12. The van der Waals surface area contributed by atoms with Crippen LogP contribution in [0.2, 0.25) is 0 Å². The fourth-order valence-corrected chi connectivity index (χ4v) is 2.59. The number of amides is 1. The molecule has 0 bridgehead atoms. The minimum Gasteiger partial charge on any atom is -0.354 e. The number of hydrogen-bond acceptors (Lipinski definition) is 2. The van der Waals surface area contributed by atoms with Crippen LogP contribution in [0.3, 0.4) is 0 Å². The zero-order valence-electron chi connectivity index (χ0n) is 11.0. The van der Waals surface area contributed by atoms with Gasteiger partial charge in [0, 0.05) is 25.6 Å². The van der Waals surface area contributed by atoms with Gasteiger partial charge in [-0.25, -0.2) is 0 Å². The molecule has 1 aliphatic rings. The Hall–Kier alpha value is -1.35. The first-order valence-corrected chi connectivity index (χ1v) is 6.78. The lowest BCUT2D eigenvalue weighted by Gasteiger charge is -2.29. The van der Waals surface area contributed by atoms with Gasteiger partial charge >= 0.3 is 0 Å². The van der Waals surface area contributed by atoms with Gasteiger partial charge in [0.05, 0.1) is 0 Å². The van der Waals surface area contributed by atoms with Crippen molar-refractivity contribution in [1.29, 1.82) is 0 Å². The number of benzene rings is 1. The van der Waals surface area contributed by atoms with E-state index in [4.69, 9.17) is 0 Å². The third-order valence-electron chi connectivity index (χ3n) is 3.57. The van der Waals surface area contributed by atoms with Crippen molar-refractivity contribution in [2.45, 2.75) is 51.2 Å². The van der Waals surface area contributed by atoms with Crippen LogP contribution in [0.1, 0.15) is 38.2 Å². The lowest BCUT2D eigenvalue weighted by Crippen LogP contribution is -2.41. The predicted molar refractivity (Wildman–Crippen MR) is 73.1 cm³/mol. The number of hydrogen-bond donors (Lipinski definition) is 2. The summed E-state index contributed by atoms with van der Waals surface area (Å²) in [7, 11) is 0. The van der Waals surface area contributed by atoms with Gasteiger partial charge in [0.25, 0.3) is 0 Å². The Bertz CT molecular complexity index is 369. The van der Waals surface area contributed by atoms with Crippen molar-refractivity contribution in [3.63, 3.8) is 0 Å². The number of carbonyl (C=O) groups excluding carboxylic acids is 1. The van der Waals surface area contributed by atoms with Crippen LogP contribution >= 0.6 is 0 Å². The molecular formula is C15H22N2O. The molecule has 1 aliphatic carbocycles. The second kappa shape index (κ2) is 6.55. The molecule has 0 heterocycles. The van der Waals surface area contributed by atoms with Crippen LogP contribution in [0.15, 0.2) is 30.3 Å². The average molecular weight is 246 g/mol. The lowest BCUT2D eigenvalue weighted by molar-refractivity contribution is -0.119. The van der Waals surface area contributed by atoms with Crippen LogP contribution < -0.4 is 10.6 Å². The Labute approximate surface area is 109 Å². The molecule has 2 N–H and O–H groups in total. The largest absolute Gasteiger partial charge is 0.354 e. The molecule has 3 nitrogen and oxygen atoms in total. The van der Waals surface area contributed by atoms with E-state index in [-0.39, 0.29) is 5.91 Å². The first-order chi connectivity index (χ1) is 8.74. The quantitative estimate of drug-likeness (QED) is 0.855. The molecular weight excluding hydrogens is 224 g/mol. The molecule has 18 heavy (non-hydrogen) atoms. The van der Waals surface area contributed by atoms with Crippen molar-refractivity contribution in [3.05, 3.63) is 35.9 Å². The molecule has 1 aromatic rings. The number of nitrogens with one attached hydrogen (secondary N) is 2. The third-order valence-corrected chi connectivity index (χ3v) is 3.57. The van der Waals surface area contributed by atoms with Gasteiger partial charge < -0.3 is 10.6 Å². The highest BCUT2D eigenvalue weighted by atomic mass is 16.1. The molecule has 1 fully saturated rings. The van der Waals surface area contributed by atoms with Crippen molar-refractivity contribution < 1.29 is 4.79 Å². The summed E-state index contributed by atoms with van der Waals surface area (Å²) in [6.07, 6.45) is 4.48. The van der Waals surface area contributed by atoms with Gasteiger partial charge in [-0.15, -0.1) is 0 Å². The van der Waals surface area contributed by atoms with Crippen LogP contribution in [-0.4, -0.2) is 18.0 Å². The van der Waals surface area contributed by atoms with Crippen molar-refractivity contribution in [2.75, 3.05) is 0 Å². The summed E-state index contributed by atoms with van der Waals surface area (Å²) in [5, 5.41) is 6.61. The summed E-state index contributed by atoms with van der Waals surface area (Å²) in [6.45, 7) is 2.54. The van der Waals surface area contributed by atoms with Crippen LogP contribution in [0.5, 0.6) is 0 Å². The molecule has 1 saturated carbocycles. The van der Waals surface area contributed by atoms with Crippen molar-refractivity contribution in [1.82, 2.24) is 10.6 Å². The molecule has 0 atom stereocenters. The summed E-state index contributed by atoms with van der Waals surface area (Å²) in [6, 6.07) is 11.5. The maximum Gasteiger partial charge on any atom is 0.217 e. The van der Waals surface area contributed by atoms with E-state index < -0.39 is 0 Å². The minimum atomic E-state index is 0.0932. The summed E-state index contributed by atoms with van der Waals surface area (Å²) >= 11 is 0. The maximum atomic E-state index is 11.0. The molecule has 0 aliphatic heterocycles. The smallest absolute Gasteiger partial charge is 0.217 e. The van der Waals surface area contributed by atoms with Gasteiger partial charge in [-0.3, -0.25) is 4.79 Å². The minimum absolute atomic E-state index is 0.0932. The van der Waals surface area contributed by atoms with Crippen LogP contribution in [0.25, 0.3) is 0 Å². The molecule has 0 saturated heterocycles. The Morgan fingerprint density at radius 1 is 1.11 bits per heavy atom. The molecule has 0 radical (unpaired) electrons. The van der Waals surface area contributed by atoms with Crippen LogP contribution in [0, 0.1) is 0 Å². The Morgan fingerprint density at radius 3 is 2.33 bits per heavy atom. The van der Waals surface area contributed by atoms with E-state index in [1.165, 1.54) is 5.56 Å². The number of rotatable bonds is 4. The van der Waals surface area contributed by atoms with E-state index >= 15 is 0 Å². The molecule has 2 rings (SSSR count). The molecule has 0 aromatic heterocycles. The normalized spacial score (nSPS) is 23.6. The van der Waals surface area contributed by atoms with Crippen LogP contribution in [-0.2, 0) is 11.3 Å². The zero-order chi connectivity index (χ0) is 12.8. The van der Waals surface area contributed by atoms with Crippen molar-refractivity contribution >= 4 is 5.91 Å². The van der Waals surface area contributed by atoms with Crippen LogP contribution in [0.4, 0.5) is 0 Å². The maximum absolute atomic E-state index is 11.0. The molecule has 3 heteroatoms. The van der Waals surface area contributed by atoms with Gasteiger partial charge in [-0.2, -0.15) is 0 Å². The van der Waals surface area contributed by atoms with E-state index in [1.54, 1.807) is 6.92 Å². The predicted octanol–water partition coefficient (Wildman–Crippen LogP) is 2.22. The third kappa shape index (κ3) is 4.15.